The SMILES string of the molecule is CNCc1ccccc1OCCOc1ccc(F)c(Cl)c1. The Morgan fingerprint density at radius 2 is 1.86 bits per heavy atom. The molecule has 0 spiro atoms. The zero-order chi connectivity index (χ0) is 15.1. The minimum absolute atomic E-state index is 0.0489. The maximum Gasteiger partial charge on any atom is 0.142 e. The number of hydrogen-bond donors (Lipinski definition) is 1. The highest BCUT2D eigenvalue weighted by Gasteiger charge is 2.03. The molecule has 112 valence electrons. The van der Waals surface area contributed by atoms with Crippen molar-refractivity contribution in [1.29, 1.82) is 0 Å². The summed E-state index contributed by atoms with van der Waals surface area (Å²) in [5.41, 5.74) is 1.09. The lowest BCUT2D eigenvalue weighted by Gasteiger charge is -2.12. The standard InChI is InChI=1S/C16H17ClFNO2/c1-19-11-12-4-2-3-5-16(12)21-9-8-20-13-6-7-15(18)14(17)10-13/h2-7,10,19H,8-9,11H2,1H3. The summed E-state index contributed by atoms with van der Waals surface area (Å²) in [6.45, 7) is 1.50. The van der Waals surface area contributed by atoms with E-state index in [1.54, 1.807) is 0 Å². The molecule has 2 aromatic carbocycles. The van der Waals surface area contributed by atoms with Gasteiger partial charge in [-0.3, -0.25) is 0 Å². The van der Waals surface area contributed by atoms with E-state index in [0.29, 0.717) is 19.0 Å². The van der Waals surface area contributed by atoms with Crippen molar-refractivity contribution in [3.8, 4) is 11.5 Å². The third kappa shape index (κ3) is 4.62. The van der Waals surface area contributed by atoms with E-state index >= 15 is 0 Å². The smallest absolute Gasteiger partial charge is 0.142 e. The van der Waals surface area contributed by atoms with Gasteiger partial charge in [0.2, 0.25) is 0 Å². The van der Waals surface area contributed by atoms with E-state index in [2.05, 4.69) is 5.32 Å². The van der Waals surface area contributed by atoms with Crippen LogP contribution in [0.4, 0.5) is 4.39 Å². The second-order valence-electron chi connectivity index (χ2n) is 4.41. The largest absolute Gasteiger partial charge is 0.490 e. The number of benzene rings is 2. The summed E-state index contributed by atoms with van der Waals surface area (Å²) >= 11 is 5.68. The van der Waals surface area contributed by atoms with E-state index in [-0.39, 0.29) is 5.02 Å². The maximum atomic E-state index is 13.0. The Morgan fingerprint density at radius 3 is 2.62 bits per heavy atom. The lowest BCUT2D eigenvalue weighted by Crippen LogP contribution is -2.12. The first-order valence-electron chi connectivity index (χ1n) is 6.64. The van der Waals surface area contributed by atoms with E-state index in [1.807, 2.05) is 31.3 Å². The number of ether oxygens (including phenoxy) is 2. The predicted molar refractivity (Wildman–Crippen MR) is 81.6 cm³/mol. The Balaban J connectivity index is 1.83. The number of hydrogen-bond acceptors (Lipinski definition) is 3. The molecular weight excluding hydrogens is 293 g/mol. The third-order valence-corrected chi connectivity index (χ3v) is 3.13. The van der Waals surface area contributed by atoms with Gasteiger partial charge < -0.3 is 14.8 Å². The van der Waals surface area contributed by atoms with Crippen LogP contribution < -0.4 is 14.8 Å². The molecule has 5 heteroatoms. The number of nitrogens with one attached hydrogen (secondary N) is 1. The second kappa shape index (κ2) is 7.86. The first-order valence-corrected chi connectivity index (χ1v) is 7.01. The van der Waals surface area contributed by atoms with Crippen LogP contribution in [0.2, 0.25) is 5.02 Å². The molecule has 2 rings (SSSR count). The van der Waals surface area contributed by atoms with Gasteiger partial charge in [0.15, 0.2) is 0 Å². The van der Waals surface area contributed by atoms with Gasteiger partial charge in [-0.25, -0.2) is 4.39 Å². The fraction of sp³-hybridized carbons (Fsp3) is 0.250. The van der Waals surface area contributed by atoms with Gasteiger partial charge in [0.05, 0.1) is 5.02 Å². The molecule has 0 heterocycles. The monoisotopic (exact) mass is 309 g/mol. The van der Waals surface area contributed by atoms with Crippen LogP contribution in [-0.4, -0.2) is 20.3 Å². The van der Waals surface area contributed by atoms with Gasteiger partial charge >= 0.3 is 0 Å². The molecule has 2 aromatic rings. The summed E-state index contributed by atoms with van der Waals surface area (Å²) in [6, 6.07) is 12.1. The highest BCUT2D eigenvalue weighted by atomic mass is 35.5. The van der Waals surface area contributed by atoms with Crippen LogP contribution in [0.1, 0.15) is 5.56 Å². The predicted octanol–water partition coefficient (Wildman–Crippen LogP) is 3.66. The van der Waals surface area contributed by atoms with Gasteiger partial charge in [0.1, 0.15) is 30.5 Å². The summed E-state index contributed by atoms with van der Waals surface area (Å²) in [4.78, 5) is 0. The van der Waals surface area contributed by atoms with Crippen LogP contribution in [-0.2, 0) is 6.54 Å². The van der Waals surface area contributed by atoms with E-state index in [0.717, 1.165) is 17.9 Å². The van der Waals surface area contributed by atoms with Crippen LogP contribution in [0.3, 0.4) is 0 Å². The topological polar surface area (TPSA) is 30.5 Å². The van der Waals surface area contributed by atoms with Crippen LogP contribution in [0.15, 0.2) is 42.5 Å². The van der Waals surface area contributed by atoms with Crippen LogP contribution in [0.5, 0.6) is 11.5 Å². The molecule has 0 saturated heterocycles. The normalized spacial score (nSPS) is 10.4. The highest BCUT2D eigenvalue weighted by molar-refractivity contribution is 6.30. The van der Waals surface area contributed by atoms with E-state index in [4.69, 9.17) is 21.1 Å². The van der Waals surface area contributed by atoms with Crippen LogP contribution >= 0.6 is 11.6 Å². The molecular formula is C16H17ClFNO2. The van der Waals surface area contributed by atoms with Crippen molar-refractivity contribution in [2.75, 3.05) is 20.3 Å². The molecule has 0 aliphatic rings. The van der Waals surface area contributed by atoms with Crippen molar-refractivity contribution in [2.45, 2.75) is 6.54 Å². The molecule has 0 amide bonds. The summed E-state index contributed by atoms with van der Waals surface area (Å²) < 4.78 is 24.2. The maximum absolute atomic E-state index is 13.0. The molecule has 0 aromatic heterocycles. The third-order valence-electron chi connectivity index (χ3n) is 2.84. The van der Waals surface area contributed by atoms with Gasteiger partial charge in [-0.15, -0.1) is 0 Å². The molecule has 0 unspecified atom stereocenters. The summed E-state index contributed by atoms with van der Waals surface area (Å²) in [7, 11) is 1.89. The fourth-order valence-electron chi connectivity index (χ4n) is 1.86. The van der Waals surface area contributed by atoms with Crippen molar-refractivity contribution in [3.05, 3.63) is 58.9 Å². The summed E-state index contributed by atoms with van der Waals surface area (Å²) in [5.74, 6) is 0.891. The zero-order valence-corrected chi connectivity index (χ0v) is 12.5. The quantitative estimate of drug-likeness (QED) is 0.792. The van der Waals surface area contributed by atoms with Gasteiger partial charge in [0, 0.05) is 18.2 Å². The first kappa shape index (κ1) is 15.6. The Bertz CT molecular complexity index is 592. The molecule has 0 fully saturated rings. The molecule has 3 nitrogen and oxygen atoms in total. The molecule has 0 radical (unpaired) electrons. The minimum atomic E-state index is -0.457. The van der Waals surface area contributed by atoms with Gasteiger partial charge in [-0.05, 0) is 25.2 Å². The Hall–Kier alpha value is -1.78. The van der Waals surface area contributed by atoms with Crippen molar-refractivity contribution >= 4 is 11.6 Å². The minimum Gasteiger partial charge on any atom is -0.490 e. The van der Waals surface area contributed by atoms with Crippen molar-refractivity contribution < 1.29 is 13.9 Å². The van der Waals surface area contributed by atoms with Crippen molar-refractivity contribution in [1.82, 2.24) is 5.32 Å². The lowest BCUT2D eigenvalue weighted by molar-refractivity contribution is 0.215. The van der Waals surface area contributed by atoms with E-state index < -0.39 is 5.82 Å². The number of halogens is 2. The van der Waals surface area contributed by atoms with Crippen molar-refractivity contribution in [3.63, 3.8) is 0 Å². The fourth-order valence-corrected chi connectivity index (χ4v) is 2.03. The average molecular weight is 310 g/mol. The molecule has 0 bridgehead atoms. The molecule has 0 saturated carbocycles. The average Bonchev–Trinajstić information content (AvgIpc) is 2.49. The summed E-state index contributed by atoms with van der Waals surface area (Å²) in [6.07, 6.45) is 0. The molecule has 0 aliphatic heterocycles. The lowest BCUT2D eigenvalue weighted by atomic mass is 10.2. The number of para-hydroxylation sites is 1. The van der Waals surface area contributed by atoms with E-state index in [9.17, 15) is 4.39 Å². The molecule has 21 heavy (non-hydrogen) atoms. The second-order valence-corrected chi connectivity index (χ2v) is 4.82. The van der Waals surface area contributed by atoms with Gasteiger partial charge in [0.25, 0.3) is 0 Å². The Kier molecular flexibility index (Phi) is 5.84. The van der Waals surface area contributed by atoms with Gasteiger partial charge in [-0.2, -0.15) is 0 Å². The summed E-state index contributed by atoms with van der Waals surface area (Å²) in [5, 5.41) is 3.14. The molecule has 0 aliphatic carbocycles. The first-order chi connectivity index (χ1) is 10.2. The highest BCUT2D eigenvalue weighted by Crippen LogP contribution is 2.21. The van der Waals surface area contributed by atoms with Crippen LogP contribution in [0.25, 0.3) is 0 Å². The van der Waals surface area contributed by atoms with Gasteiger partial charge in [-0.1, -0.05) is 29.8 Å². The molecule has 0 atom stereocenters. The Morgan fingerprint density at radius 1 is 1.10 bits per heavy atom. The number of rotatable bonds is 7. The van der Waals surface area contributed by atoms with Crippen molar-refractivity contribution in [2.24, 2.45) is 0 Å². The Labute approximate surface area is 128 Å². The van der Waals surface area contributed by atoms with E-state index in [1.165, 1.54) is 18.2 Å². The molecule has 1 N–H and O–H groups in total. The zero-order valence-electron chi connectivity index (χ0n) is 11.7. The van der Waals surface area contributed by atoms with Crippen LogP contribution in [0, 0.1) is 5.82 Å².